The molecule has 1 aliphatic rings. The Morgan fingerprint density at radius 3 is 2.45 bits per heavy atom. The van der Waals surface area contributed by atoms with Crippen LogP contribution < -0.4 is 0 Å². The summed E-state index contributed by atoms with van der Waals surface area (Å²) in [5.41, 5.74) is 0.943. The molecule has 178 valence electrons. The van der Waals surface area contributed by atoms with E-state index >= 15 is 0 Å². The Bertz CT molecular complexity index is 965. The molecule has 1 saturated heterocycles. The molecule has 1 aliphatic heterocycles. The quantitative estimate of drug-likeness (QED) is 0.500. The summed E-state index contributed by atoms with van der Waals surface area (Å²) in [7, 11) is 1.83. The van der Waals surface area contributed by atoms with E-state index in [0.717, 1.165) is 11.3 Å². The average Bonchev–Trinajstić information content (AvgIpc) is 2.83. The van der Waals surface area contributed by atoms with Crippen LogP contribution in [0.3, 0.4) is 0 Å². The fourth-order valence-corrected chi connectivity index (χ4v) is 4.90. The van der Waals surface area contributed by atoms with Crippen LogP contribution in [0.2, 0.25) is 5.02 Å². The normalized spacial score (nSPS) is 15.4. The Hall–Kier alpha value is -2.12. The lowest BCUT2D eigenvalue weighted by atomic mass is 9.84. The first-order valence-corrected chi connectivity index (χ1v) is 12.8. The standard InChI is InChI=1S/C25H29ClF2N2O2S/c1-29(24(31)11-14-33-2)23(15-17-3-6-20(27)7-4-17)18-9-12-30(13-10-18)25(32)21-16-19(26)5-8-22(21)28/h3-8,16,18,23H,9-15H2,1-2H3. The molecule has 3 rings (SSSR count). The molecule has 1 atom stereocenters. The lowest BCUT2D eigenvalue weighted by molar-refractivity contribution is -0.133. The van der Waals surface area contributed by atoms with Gasteiger partial charge in [0.15, 0.2) is 0 Å². The molecule has 1 unspecified atom stereocenters. The molecule has 2 aromatic rings. The van der Waals surface area contributed by atoms with E-state index < -0.39 is 5.82 Å². The third-order valence-electron chi connectivity index (χ3n) is 6.30. The number of carbonyl (C=O) groups is 2. The van der Waals surface area contributed by atoms with Crippen LogP contribution in [-0.4, -0.2) is 59.8 Å². The zero-order valence-electron chi connectivity index (χ0n) is 18.9. The molecule has 0 radical (unpaired) electrons. The number of likely N-dealkylation sites (N-methyl/N-ethyl adjacent to an activating group) is 1. The summed E-state index contributed by atoms with van der Waals surface area (Å²) in [6.45, 7) is 0.949. The first-order chi connectivity index (χ1) is 15.8. The van der Waals surface area contributed by atoms with E-state index in [9.17, 15) is 18.4 Å². The average molecular weight is 495 g/mol. The predicted molar refractivity (Wildman–Crippen MR) is 130 cm³/mol. The van der Waals surface area contributed by atoms with Gasteiger partial charge in [-0.2, -0.15) is 11.8 Å². The van der Waals surface area contributed by atoms with Crippen LogP contribution >= 0.6 is 23.4 Å². The lowest BCUT2D eigenvalue weighted by Crippen LogP contribution is -2.48. The summed E-state index contributed by atoms with van der Waals surface area (Å²) >= 11 is 7.58. The van der Waals surface area contributed by atoms with Gasteiger partial charge in [-0.15, -0.1) is 0 Å². The van der Waals surface area contributed by atoms with Gasteiger partial charge in [0.05, 0.1) is 5.56 Å². The van der Waals surface area contributed by atoms with Crippen molar-refractivity contribution in [1.29, 1.82) is 0 Å². The molecule has 1 fully saturated rings. The third-order valence-corrected chi connectivity index (χ3v) is 7.15. The van der Waals surface area contributed by atoms with Crippen molar-refractivity contribution in [3.63, 3.8) is 0 Å². The van der Waals surface area contributed by atoms with Crippen molar-refractivity contribution in [2.75, 3.05) is 32.1 Å². The fraction of sp³-hybridized carbons (Fsp3) is 0.440. The number of likely N-dealkylation sites (tertiary alicyclic amines) is 1. The molecule has 0 saturated carbocycles. The molecule has 2 aromatic carbocycles. The summed E-state index contributed by atoms with van der Waals surface area (Å²) in [5.74, 6) is -0.236. The SMILES string of the molecule is CSCCC(=O)N(C)C(Cc1ccc(F)cc1)C1CCN(C(=O)c2cc(Cl)ccc2F)CC1. The topological polar surface area (TPSA) is 40.6 Å². The fourth-order valence-electron chi connectivity index (χ4n) is 4.35. The van der Waals surface area contributed by atoms with Gasteiger partial charge in [0.25, 0.3) is 5.91 Å². The summed E-state index contributed by atoms with van der Waals surface area (Å²) in [4.78, 5) is 29.1. The molecular weight excluding hydrogens is 466 g/mol. The Morgan fingerprint density at radius 2 is 1.82 bits per heavy atom. The highest BCUT2D eigenvalue weighted by Crippen LogP contribution is 2.28. The largest absolute Gasteiger partial charge is 0.342 e. The maximum absolute atomic E-state index is 14.2. The molecule has 4 nitrogen and oxygen atoms in total. The molecule has 2 amide bonds. The van der Waals surface area contributed by atoms with Crippen molar-refractivity contribution in [1.82, 2.24) is 9.80 Å². The first kappa shape index (κ1) is 25.5. The summed E-state index contributed by atoms with van der Waals surface area (Å²) in [5, 5.41) is 0.319. The van der Waals surface area contributed by atoms with Crippen molar-refractivity contribution in [2.45, 2.75) is 31.7 Å². The molecule has 8 heteroatoms. The molecule has 1 heterocycles. The number of hydrogen-bond acceptors (Lipinski definition) is 3. The third kappa shape index (κ3) is 6.70. The minimum Gasteiger partial charge on any atom is -0.342 e. The molecule has 0 aliphatic carbocycles. The second kappa shape index (κ2) is 11.8. The molecule has 0 N–H and O–H groups in total. The van der Waals surface area contributed by atoms with Crippen LogP contribution in [0.1, 0.15) is 35.2 Å². The van der Waals surface area contributed by atoms with Gasteiger partial charge < -0.3 is 9.80 Å². The Balaban J connectivity index is 1.72. The maximum Gasteiger partial charge on any atom is 0.256 e. The second-order valence-corrected chi connectivity index (χ2v) is 9.82. The highest BCUT2D eigenvalue weighted by molar-refractivity contribution is 7.98. The van der Waals surface area contributed by atoms with Gasteiger partial charge in [-0.1, -0.05) is 23.7 Å². The van der Waals surface area contributed by atoms with E-state index in [4.69, 9.17) is 11.6 Å². The molecule has 33 heavy (non-hydrogen) atoms. The number of thioether (sulfide) groups is 1. The van der Waals surface area contributed by atoms with Crippen molar-refractivity contribution in [3.05, 3.63) is 70.2 Å². The van der Waals surface area contributed by atoms with E-state index in [2.05, 4.69) is 0 Å². The van der Waals surface area contributed by atoms with Crippen LogP contribution in [0.15, 0.2) is 42.5 Å². The van der Waals surface area contributed by atoms with Gasteiger partial charge in [0, 0.05) is 43.4 Å². The van der Waals surface area contributed by atoms with E-state index in [1.54, 1.807) is 28.8 Å². The number of hydrogen-bond donors (Lipinski definition) is 0. The van der Waals surface area contributed by atoms with E-state index in [1.165, 1.54) is 30.3 Å². The van der Waals surface area contributed by atoms with Gasteiger partial charge in [0.2, 0.25) is 5.91 Å². The number of halogens is 3. The molecule has 0 spiro atoms. The van der Waals surface area contributed by atoms with Crippen molar-refractivity contribution < 1.29 is 18.4 Å². The molecule has 0 aromatic heterocycles. The lowest BCUT2D eigenvalue weighted by Gasteiger charge is -2.40. The Labute approximate surface area is 203 Å². The van der Waals surface area contributed by atoms with Crippen molar-refractivity contribution >= 4 is 35.2 Å². The highest BCUT2D eigenvalue weighted by atomic mass is 35.5. The van der Waals surface area contributed by atoms with Crippen LogP contribution in [0.4, 0.5) is 8.78 Å². The van der Waals surface area contributed by atoms with Gasteiger partial charge in [-0.05, 0) is 67.3 Å². The summed E-state index contributed by atoms with van der Waals surface area (Å²) in [6.07, 6.45) is 4.44. The van der Waals surface area contributed by atoms with Gasteiger partial charge in [0.1, 0.15) is 11.6 Å². The summed E-state index contributed by atoms with van der Waals surface area (Å²) < 4.78 is 27.5. The Morgan fingerprint density at radius 1 is 1.15 bits per heavy atom. The zero-order chi connectivity index (χ0) is 24.0. The number of rotatable bonds is 8. The number of nitrogens with zero attached hydrogens (tertiary/aromatic N) is 2. The molecular formula is C25H29ClF2N2O2S. The first-order valence-electron chi connectivity index (χ1n) is 11.0. The Kier molecular flexibility index (Phi) is 9.15. The van der Waals surface area contributed by atoms with Gasteiger partial charge in [-0.25, -0.2) is 8.78 Å². The summed E-state index contributed by atoms with van der Waals surface area (Å²) in [6, 6.07) is 10.3. The van der Waals surface area contributed by atoms with Crippen molar-refractivity contribution in [3.8, 4) is 0 Å². The van der Waals surface area contributed by atoms with Crippen LogP contribution in [-0.2, 0) is 11.2 Å². The van der Waals surface area contributed by atoms with Crippen molar-refractivity contribution in [2.24, 2.45) is 5.92 Å². The van der Waals surface area contributed by atoms with E-state index in [-0.39, 0.29) is 35.2 Å². The van der Waals surface area contributed by atoms with Crippen LogP contribution in [0.5, 0.6) is 0 Å². The second-order valence-electron chi connectivity index (χ2n) is 8.40. The van der Waals surface area contributed by atoms with E-state index in [1.807, 2.05) is 18.2 Å². The van der Waals surface area contributed by atoms with E-state index in [0.29, 0.717) is 43.8 Å². The molecule has 0 bridgehead atoms. The van der Waals surface area contributed by atoms with Gasteiger partial charge in [-0.3, -0.25) is 9.59 Å². The number of amides is 2. The predicted octanol–water partition coefficient (Wildman–Crippen LogP) is 5.29. The number of piperidine rings is 1. The minimum absolute atomic E-state index is 0.0202. The number of carbonyl (C=O) groups excluding carboxylic acids is 2. The van der Waals surface area contributed by atoms with Gasteiger partial charge >= 0.3 is 0 Å². The monoisotopic (exact) mass is 494 g/mol. The van der Waals surface area contributed by atoms with Crippen LogP contribution in [0.25, 0.3) is 0 Å². The number of benzene rings is 2. The van der Waals surface area contributed by atoms with Crippen LogP contribution in [0, 0.1) is 17.6 Å². The zero-order valence-corrected chi connectivity index (χ0v) is 20.5. The minimum atomic E-state index is -0.583. The maximum atomic E-state index is 14.2. The smallest absolute Gasteiger partial charge is 0.256 e. The highest BCUT2D eigenvalue weighted by Gasteiger charge is 2.33.